The van der Waals surface area contributed by atoms with E-state index in [9.17, 15) is 10.2 Å². The molecule has 708 valence electrons. The zero-order valence-corrected chi connectivity index (χ0v) is 78.9. The maximum atomic E-state index is 10.2. The van der Waals surface area contributed by atoms with Gasteiger partial charge in [-0.05, 0) is 254 Å². The molecular formula is C111H126N24O3. The smallest absolute Gasteiger partial charge is 0.126 e. The van der Waals surface area contributed by atoms with Crippen molar-refractivity contribution in [1.82, 2.24) is 29.9 Å². The summed E-state index contributed by atoms with van der Waals surface area (Å²) in [5.41, 5.74) is 62.0. The highest BCUT2D eigenvalue weighted by Crippen LogP contribution is 2.41. The third kappa shape index (κ3) is 22.5. The monoisotopic (exact) mass is 1840 g/mol. The average Bonchev–Trinajstić information content (AvgIpc) is 1.32. The molecule has 6 aromatic carbocycles. The van der Waals surface area contributed by atoms with Crippen molar-refractivity contribution >= 4 is 205 Å². The molecule has 5 aliphatic carbocycles. The normalized spacial score (nSPS) is 23.0. The molecule has 0 radical (unpaired) electrons. The molecule has 138 heavy (non-hydrogen) atoms. The number of nitrogens with two attached hydrogens (primary N) is 6. The maximum absolute atomic E-state index is 10.2. The molecule has 13 heterocycles. The van der Waals surface area contributed by atoms with Crippen LogP contribution in [0.1, 0.15) is 163 Å². The van der Waals surface area contributed by atoms with Crippen LogP contribution in [0.4, 0.5) is 69.0 Å². The Morgan fingerprint density at radius 3 is 0.725 bits per heavy atom. The van der Waals surface area contributed by atoms with Crippen LogP contribution in [0.5, 0.6) is 0 Å². The van der Waals surface area contributed by atoms with Crippen LogP contribution in [0, 0.1) is 17.8 Å². The molecule has 0 amide bonds. The van der Waals surface area contributed by atoms with Crippen molar-refractivity contribution in [2.75, 3.05) is 119 Å². The van der Waals surface area contributed by atoms with Gasteiger partial charge >= 0.3 is 0 Å². The number of fused-ring (bicyclic) bond motifs is 6. The van der Waals surface area contributed by atoms with Crippen LogP contribution >= 0.6 is 0 Å². The molecular weight excluding hydrogens is 1720 g/mol. The molecule has 6 fully saturated rings. The molecule has 1 unspecified atom stereocenters. The fraction of sp³-hybridized carbons (Fsp3) is 0.351. The predicted octanol–water partition coefficient (Wildman–Crippen LogP) is 19.8. The summed E-state index contributed by atoms with van der Waals surface area (Å²) in [6, 6.07) is 51.7. The number of allylic oxidation sites excluding steroid dienone is 6. The van der Waals surface area contributed by atoms with Crippen molar-refractivity contribution in [3.05, 3.63) is 215 Å². The summed E-state index contributed by atoms with van der Waals surface area (Å²) in [6.45, 7) is 12.9. The number of ether oxygens (including phenoxy) is 1. The summed E-state index contributed by atoms with van der Waals surface area (Å²) in [7, 11) is 0. The summed E-state index contributed by atoms with van der Waals surface area (Å²) < 4.78 is 5.43. The van der Waals surface area contributed by atoms with Crippen LogP contribution in [0.25, 0.3) is 98.9 Å². The number of nitrogens with one attached hydrogen (secondary N) is 6. The second-order valence-electron chi connectivity index (χ2n) is 38.9. The van der Waals surface area contributed by atoms with E-state index in [0.717, 1.165) is 225 Å². The molecule has 27 heteroatoms. The van der Waals surface area contributed by atoms with E-state index in [4.69, 9.17) is 39.1 Å². The van der Waals surface area contributed by atoms with E-state index in [1.165, 1.54) is 108 Å². The van der Waals surface area contributed by atoms with Gasteiger partial charge in [-0.2, -0.15) is 0 Å². The van der Waals surface area contributed by atoms with Crippen molar-refractivity contribution in [3.8, 4) is 0 Å². The first kappa shape index (κ1) is 92.8. The number of hydrogen-bond acceptors (Lipinski definition) is 27. The van der Waals surface area contributed by atoms with Gasteiger partial charge in [-0.1, -0.05) is 106 Å². The van der Waals surface area contributed by atoms with E-state index in [1.54, 1.807) is 0 Å². The lowest BCUT2D eigenvalue weighted by Crippen LogP contribution is -2.36. The zero-order valence-electron chi connectivity index (χ0n) is 78.9. The summed E-state index contributed by atoms with van der Waals surface area (Å²) in [4.78, 5) is 52.5. The highest BCUT2D eigenvalue weighted by atomic mass is 16.5. The first-order valence-electron chi connectivity index (χ1n) is 49.2. The minimum absolute atomic E-state index is 0.0781. The number of aliphatic imine (C=N–C) groups is 6. The predicted molar refractivity (Wildman–Crippen MR) is 578 cm³/mol. The van der Waals surface area contributed by atoms with Crippen LogP contribution in [0.15, 0.2) is 212 Å². The Morgan fingerprint density at radius 2 is 0.507 bits per heavy atom. The number of pyridine rings is 6. The van der Waals surface area contributed by atoms with Crippen molar-refractivity contribution in [1.29, 1.82) is 0 Å². The molecule has 11 atom stereocenters. The van der Waals surface area contributed by atoms with Crippen molar-refractivity contribution in [2.24, 2.45) is 47.7 Å². The van der Waals surface area contributed by atoms with Crippen LogP contribution < -0.4 is 66.3 Å². The summed E-state index contributed by atoms with van der Waals surface area (Å²) >= 11 is 0. The number of aliphatic hydroxyl groups excluding tert-OH is 2. The Morgan fingerprint density at radius 1 is 0.268 bits per heavy atom. The summed E-state index contributed by atoms with van der Waals surface area (Å²) in [5, 5.41) is 48.4. The summed E-state index contributed by atoms with van der Waals surface area (Å²) in [5.74, 6) is 5.63. The number of nitrogen functional groups attached to an aromatic ring is 6. The minimum atomic E-state index is -0.303. The number of aliphatic hydroxyl groups is 2. The van der Waals surface area contributed by atoms with Gasteiger partial charge in [-0.3, -0.25) is 30.0 Å². The van der Waals surface area contributed by atoms with E-state index >= 15 is 0 Å². The van der Waals surface area contributed by atoms with Gasteiger partial charge in [0, 0.05) is 165 Å². The van der Waals surface area contributed by atoms with Gasteiger partial charge in [0.15, 0.2) is 0 Å². The summed E-state index contributed by atoms with van der Waals surface area (Å²) in [6.07, 6.45) is 42.1. The SMILES string of the molecule is C[C@@H]1CC[C@@H](Nc2cc(N)nc3cc(C4=CC=NC4)ccc23)C1.C[C@H]1CC[C@@H](Nc2cc(N)nc3cc(C4=CC=NC4)ccc23)C1.C[C@H]1CC[C@H](Nc2cc(N)nc3cc(C4=CC=NC4)ccc23)C1.Nc1cc(NC2CCOC2)c2ccc(C3=CC=NC3)cc2n1.Nc1cc(N[C@@H]2CCCC[C@@H]2O)c2ccc(C3=CC=NC3)cc2n1.Nc1cc(N[C@@H]2CCC[C@@H]2O)c2ccc(C3=CC=NC3)cc2n1. The van der Waals surface area contributed by atoms with E-state index in [2.05, 4.69) is 240 Å². The Balaban J connectivity index is 0.000000106. The highest BCUT2D eigenvalue weighted by Gasteiger charge is 2.30. The lowest BCUT2D eigenvalue weighted by Gasteiger charge is -2.29. The minimum Gasteiger partial charge on any atom is -0.391 e. The average molecular weight is 1840 g/mol. The molecule has 20 N–H and O–H groups in total. The van der Waals surface area contributed by atoms with Crippen LogP contribution in [0.2, 0.25) is 0 Å². The number of anilines is 12. The number of hydrogen-bond donors (Lipinski definition) is 14. The third-order valence-corrected chi connectivity index (χ3v) is 28.4. The van der Waals surface area contributed by atoms with Crippen LogP contribution in [0.3, 0.4) is 0 Å². The fourth-order valence-electron chi connectivity index (χ4n) is 20.9. The number of nitrogens with zero attached hydrogens (tertiary/aromatic N) is 12. The molecule has 24 rings (SSSR count). The Kier molecular flexibility index (Phi) is 28.6. The molecule has 27 nitrogen and oxygen atoms in total. The van der Waals surface area contributed by atoms with E-state index in [1.807, 2.05) is 91.9 Å². The van der Waals surface area contributed by atoms with Crippen molar-refractivity contribution in [2.45, 2.75) is 178 Å². The largest absolute Gasteiger partial charge is 0.391 e. The molecule has 12 aromatic rings. The molecule has 0 spiro atoms. The standard InChI is InChI=1S/C19H22N4O.3C19H22N4.C18H20N4O.C17H18N4O/c20-19-10-17(22-15-3-1-2-4-18(15)24)14-6-5-12(9-16(14)23-19)13-7-8-21-11-13;3*1-12-2-4-15(8-12)22-18-10-19(20)23-17-9-13(3-5-16(17)18)14-6-7-21-11-14;19-18-9-16(21-14-2-1-3-17(14)23)13-5-4-11(8-15(13)22-18)12-6-7-20-10-12;18-17-8-16(20-13-4-6-22-10-13)14-2-1-11(7-15(14)21-17)12-3-5-19-9-12/h5-10,15,18,24H,1-4,11H2,(H3,20,22,23);3*3,5-7,9-10,12,15H,2,4,8,11H2,1H3,(H3,20,22,23);4-9,14,17,23H,1-3,10H2,(H3,19,21,22);1-3,5,7-8,13H,4,6,9-10H2,(H3,18,20,21)/t15-,18+;12-,15+;2*12-,15-;14-,17+;/m10101./s1. The van der Waals surface area contributed by atoms with Gasteiger partial charge < -0.3 is 81.3 Å². The van der Waals surface area contributed by atoms with E-state index in [-0.39, 0.29) is 24.3 Å². The Labute approximate surface area is 805 Å². The quantitative estimate of drug-likeness (QED) is 0.0379. The molecule has 1 saturated heterocycles. The Hall–Kier alpha value is -14.3. The van der Waals surface area contributed by atoms with Crippen LogP contribution in [-0.2, 0) is 4.74 Å². The third-order valence-electron chi connectivity index (χ3n) is 28.4. The second-order valence-corrected chi connectivity index (χ2v) is 38.9. The maximum Gasteiger partial charge on any atom is 0.126 e. The van der Waals surface area contributed by atoms with E-state index < -0.39 is 0 Å². The number of rotatable bonds is 18. The van der Waals surface area contributed by atoms with Gasteiger partial charge in [0.2, 0.25) is 0 Å². The molecule has 12 aliphatic rings. The van der Waals surface area contributed by atoms with Crippen molar-refractivity contribution < 1.29 is 14.9 Å². The topological polar surface area (TPSA) is 429 Å². The van der Waals surface area contributed by atoms with Gasteiger partial charge in [0.1, 0.15) is 34.9 Å². The number of benzene rings is 6. The first-order valence-corrected chi connectivity index (χ1v) is 49.2. The molecule has 0 bridgehead atoms. The van der Waals surface area contributed by atoms with Gasteiger partial charge in [0.05, 0.1) is 109 Å². The lowest BCUT2D eigenvalue weighted by molar-refractivity contribution is 0.116. The fourth-order valence-corrected chi connectivity index (χ4v) is 20.9. The van der Waals surface area contributed by atoms with Crippen LogP contribution in [-0.4, -0.2) is 178 Å². The highest BCUT2D eigenvalue weighted by molar-refractivity contribution is 6.04. The van der Waals surface area contributed by atoms with Gasteiger partial charge in [0.25, 0.3) is 0 Å². The Bertz CT molecular complexity index is 6630. The second kappa shape index (κ2) is 42.5. The van der Waals surface area contributed by atoms with Crippen molar-refractivity contribution in [3.63, 3.8) is 0 Å². The number of aromatic nitrogens is 6. The zero-order chi connectivity index (χ0) is 94.7. The first-order chi connectivity index (χ1) is 67.3. The van der Waals surface area contributed by atoms with Gasteiger partial charge in [-0.15, -0.1) is 0 Å². The molecule has 7 aliphatic heterocycles. The molecule has 6 aromatic heterocycles. The molecule has 5 saturated carbocycles. The van der Waals surface area contributed by atoms with E-state index in [0.29, 0.717) is 72.2 Å². The lowest BCUT2D eigenvalue weighted by atomic mass is 9.92. The van der Waals surface area contributed by atoms with Gasteiger partial charge in [-0.25, -0.2) is 29.9 Å².